The number of para-hydroxylation sites is 2. The Bertz CT molecular complexity index is 855. The van der Waals surface area contributed by atoms with Gasteiger partial charge in [0.1, 0.15) is 0 Å². The molecule has 1 N–H and O–H groups in total. The monoisotopic (exact) mass is 370 g/mol. The first-order valence-corrected chi connectivity index (χ1v) is 10.4. The minimum atomic E-state index is 0.00215. The molecule has 2 atom stereocenters. The molecule has 6 heteroatoms. The highest BCUT2D eigenvalue weighted by atomic mass is 16.2. The van der Waals surface area contributed by atoms with E-state index in [9.17, 15) is 9.59 Å². The molecule has 2 saturated heterocycles. The summed E-state index contributed by atoms with van der Waals surface area (Å²) in [7, 11) is 0. The van der Waals surface area contributed by atoms with Gasteiger partial charge < -0.3 is 10.2 Å². The van der Waals surface area contributed by atoms with Crippen molar-refractivity contribution >= 4 is 16.9 Å². The van der Waals surface area contributed by atoms with E-state index in [-0.39, 0.29) is 11.6 Å². The fraction of sp³-hybridized carbons (Fsp3) is 0.619. The van der Waals surface area contributed by atoms with Crippen molar-refractivity contribution in [1.29, 1.82) is 0 Å². The Balaban J connectivity index is 1.46. The van der Waals surface area contributed by atoms with Crippen LogP contribution in [0.25, 0.3) is 11.0 Å². The largest absolute Gasteiger partial charge is 0.343 e. The molecule has 2 aliphatic rings. The van der Waals surface area contributed by atoms with Gasteiger partial charge in [-0.1, -0.05) is 19.1 Å². The number of fused-ring (bicyclic) bond motifs is 2. The number of nitrogens with zero attached hydrogens (tertiary/aromatic N) is 3. The van der Waals surface area contributed by atoms with Crippen LogP contribution in [0.5, 0.6) is 0 Å². The van der Waals surface area contributed by atoms with Gasteiger partial charge >= 0.3 is 5.69 Å². The summed E-state index contributed by atoms with van der Waals surface area (Å²) in [6.07, 6.45) is 3.50. The highest BCUT2D eigenvalue weighted by Crippen LogP contribution is 2.27. The summed E-state index contributed by atoms with van der Waals surface area (Å²) >= 11 is 0. The molecule has 0 spiro atoms. The van der Waals surface area contributed by atoms with Crippen molar-refractivity contribution in [2.75, 3.05) is 26.2 Å². The zero-order valence-electron chi connectivity index (χ0n) is 16.2. The van der Waals surface area contributed by atoms with Crippen LogP contribution in [-0.4, -0.2) is 46.1 Å². The van der Waals surface area contributed by atoms with Crippen LogP contribution in [0.2, 0.25) is 0 Å². The first-order chi connectivity index (χ1) is 13.2. The number of aromatic nitrogens is 2. The molecule has 2 fully saturated rings. The summed E-state index contributed by atoms with van der Waals surface area (Å²) in [5.74, 6) is 1.62. The van der Waals surface area contributed by atoms with Crippen molar-refractivity contribution < 1.29 is 4.79 Å². The Morgan fingerprint density at radius 1 is 1.04 bits per heavy atom. The van der Waals surface area contributed by atoms with E-state index in [1.165, 1.54) is 0 Å². The number of likely N-dealkylation sites (tertiary alicyclic amines) is 1. The van der Waals surface area contributed by atoms with Gasteiger partial charge in [-0.2, -0.15) is 0 Å². The summed E-state index contributed by atoms with van der Waals surface area (Å²) in [5.41, 5.74) is 1.90. The molecule has 1 aromatic heterocycles. The Labute approximate surface area is 160 Å². The lowest BCUT2D eigenvalue weighted by molar-refractivity contribution is -0.131. The maximum Gasteiger partial charge on any atom is 0.329 e. The molecular formula is C21H30N4O2. The maximum absolute atomic E-state index is 12.8. The van der Waals surface area contributed by atoms with Gasteiger partial charge in [-0.3, -0.25) is 13.9 Å². The van der Waals surface area contributed by atoms with E-state index in [0.29, 0.717) is 19.5 Å². The van der Waals surface area contributed by atoms with Crippen molar-refractivity contribution in [2.45, 2.75) is 45.7 Å². The van der Waals surface area contributed by atoms with Crippen LogP contribution >= 0.6 is 0 Å². The fourth-order valence-corrected chi connectivity index (χ4v) is 4.76. The first kappa shape index (κ1) is 18.3. The number of benzene rings is 1. The van der Waals surface area contributed by atoms with Crippen LogP contribution in [0.1, 0.15) is 32.6 Å². The third-order valence-corrected chi connectivity index (χ3v) is 6.29. The molecule has 4 rings (SSSR count). The van der Waals surface area contributed by atoms with Gasteiger partial charge in [0.15, 0.2) is 0 Å². The predicted molar refractivity (Wildman–Crippen MR) is 107 cm³/mol. The molecule has 0 bridgehead atoms. The minimum Gasteiger partial charge on any atom is -0.343 e. The van der Waals surface area contributed by atoms with Crippen LogP contribution in [0, 0.1) is 11.8 Å². The van der Waals surface area contributed by atoms with Crippen molar-refractivity contribution in [3.8, 4) is 0 Å². The standard InChI is InChI=1S/C21H30N4O2/c1-2-10-24-18-5-3-4-6-19(18)25(21(24)27)13-9-20(26)23-11-7-16-14-22-15-17(16)8-12-23/h3-6,16-17,22H,2,7-15H2,1H3/t16-,17+. The van der Waals surface area contributed by atoms with Gasteiger partial charge in [-0.25, -0.2) is 4.79 Å². The van der Waals surface area contributed by atoms with Crippen LogP contribution in [0.3, 0.4) is 0 Å². The van der Waals surface area contributed by atoms with E-state index >= 15 is 0 Å². The van der Waals surface area contributed by atoms with Crippen molar-refractivity contribution in [2.24, 2.45) is 11.8 Å². The van der Waals surface area contributed by atoms with Gasteiger partial charge in [0.2, 0.25) is 5.91 Å². The highest BCUT2D eigenvalue weighted by molar-refractivity contribution is 5.78. The summed E-state index contributed by atoms with van der Waals surface area (Å²) in [4.78, 5) is 27.7. The number of amides is 1. The van der Waals surface area contributed by atoms with Gasteiger partial charge in [0, 0.05) is 32.6 Å². The SMILES string of the molecule is CCCn1c(=O)n(CCC(=O)N2CC[C@@H]3CNC[C@@H]3CC2)c2ccccc21. The predicted octanol–water partition coefficient (Wildman–Crippen LogP) is 2.06. The second kappa shape index (κ2) is 7.89. The van der Waals surface area contributed by atoms with E-state index in [1.807, 2.05) is 33.7 Å². The Morgan fingerprint density at radius 3 is 2.22 bits per heavy atom. The van der Waals surface area contributed by atoms with Crippen LogP contribution < -0.4 is 11.0 Å². The number of carbonyl (C=O) groups excluding carboxylic acids is 1. The third kappa shape index (κ3) is 3.55. The van der Waals surface area contributed by atoms with Gasteiger partial charge in [-0.15, -0.1) is 0 Å². The minimum absolute atomic E-state index is 0.00215. The molecule has 1 amide bonds. The number of nitrogens with one attached hydrogen (secondary N) is 1. The number of hydrogen-bond donors (Lipinski definition) is 1. The van der Waals surface area contributed by atoms with Gasteiger partial charge in [0.25, 0.3) is 0 Å². The molecule has 0 unspecified atom stereocenters. The Kier molecular flexibility index (Phi) is 5.34. The smallest absolute Gasteiger partial charge is 0.329 e. The van der Waals surface area contributed by atoms with E-state index in [1.54, 1.807) is 4.57 Å². The topological polar surface area (TPSA) is 59.3 Å². The summed E-state index contributed by atoms with van der Waals surface area (Å²) in [5, 5.41) is 3.47. The molecule has 0 saturated carbocycles. The quantitative estimate of drug-likeness (QED) is 0.876. The third-order valence-electron chi connectivity index (χ3n) is 6.29. The van der Waals surface area contributed by atoms with Crippen molar-refractivity contribution in [3.05, 3.63) is 34.7 Å². The first-order valence-electron chi connectivity index (χ1n) is 10.4. The lowest BCUT2D eigenvalue weighted by Gasteiger charge is -2.21. The Morgan fingerprint density at radius 2 is 1.63 bits per heavy atom. The van der Waals surface area contributed by atoms with Crippen LogP contribution in [0.15, 0.2) is 29.1 Å². The van der Waals surface area contributed by atoms with E-state index in [0.717, 1.165) is 68.3 Å². The molecular weight excluding hydrogens is 340 g/mol. The lowest BCUT2D eigenvalue weighted by atomic mass is 9.92. The molecule has 6 nitrogen and oxygen atoms in total. The lowest BCUT2D eigenvalue weighted by Crippen LogP contribution is -2.34. The van der Waals surface area contributed by atoms with E-state index < -0.39 is 0 Å². The van der Waals surface area contributed by atoms with Crippen molar-refractivity contribution in [3.63, 3.8) is 0 Å². The molecule has 0 radical (unpaired) electrons. The van der Waals surface area contributed by atoms with Crippen LogP contribution in [-0.2, 0) is 17.9 Å². The second-order valence-electron chi connectivity index (χ2n) is 7.96. The van der Waals surface area contributed by atoms with Gasteiger partial charge in [0.05, 0.1) is 11.0 Å². The fourth-order valence-electron chi connectivity index (χ4n) is 4.76. The number of hydrogen-bond acceptors (Lipinski definition) is 3. The number of aryl methyl sites for hydroxylation is 2. The average molecular weight is 370 g/mol. The summed E-state index contributed by atoms with van der Waals surface area (Å²) in [6.45, 7) is 7.15. The number of rotatable bonds is 5. The number of carbonyl (C=O) groups is 1. The molecule has 146 valence electrons. The number of imidazole rings is 1. The summed E-state index contributed by atoms with van der Waals surface area (Å²) < 4.78 is 3.61. The highest BCUT2D eigenvalue weighted by Gasteiger charge is 2.31. The van der Waals surface area contributed by atoms with Crippen molar-refractivity contribution in [1.82, 2.24) is 19.4 Å². The normalized spacial score (nSPS) is 22.8. The maximum atomic E-state index is 12.8. The zero-order chi connectivity index (χ0) is 18.8. The molecule has 2 aliphatic heterocycles. The molecule has 2 aromatic rings. The Hall–Kier alpha value is -2.08. The van der Waals surface area contributed by atoms with E-state index in [2.05, 4.69) is 12.2 Å². The molecule has 1 aromatic carbocycles. The zero-order valence-corrected chi connectivity index (χ0v) is 16.2. The second-order valence-corrected chi connectivity index (χ2v) is 7.96. The average Bonchev–Trinajstić information content (AvgIpc) is 3.16. The van der Waals surface area contributed by atoms with Crippen LogP contribution in [0.4, 0.5) is 0 Å². The van der Waals surface area contributed by atoms with Gasteiger partial charge in [-0.05, 0) is 56.3 Å². The molecule has 0 aliphatic carbocycles. The molecule has 27 heavy (non-hydrogen) atoms. The molecule has 3 heterocycles. The summed E-state index contributed by atoms with van der Waals surface area (Å²) in [6, 6.07) is 7.89. The van der Waals surface area contributed by atoms with E-state index in [4.69, 9.17) is 0 Å².